The van der Waals surface area contributed by atoms with Gasteiger partial charge in [0.1, 0.15) is 59.5 Å². The lowest BCUT2D eigenvalue weighted by molar-refractivity contribution is -0.154. The van der Waals surface area contributed by atoms with E-state index in [1.807, 2.05) is 0 Å². The van der Waals surface area contributed by atoms with Crippen LogP contribution in [-0.4, -0.2) is 127 Å². The number of hydrogen-bond acceptors (Lipinski definition) is 21. The van der Waals surface area contributed by atoms with Crippen molar-refractivity contribution >= 4 is 53.7 Å². The van der Waals surface area contributed by atoms with Gasteiger partial charge in [0.2, 0.25) is 0 Å². The van der Waals surface area contributed by atoms with Gasteiger partial charge in [-0.3, -0.25) is 4.79 Å². The summed E-state index contributed by atoms with van der Waals surface area (Å²) in [5, 5.41) is 0. The Morgan fingerprint density at radius 1 is 0.440 bits per heavy atom. The molecule has 398 valence electrons. The van der Waals surface area contributed by atoms with Crippen molar-refractivity contribution < 1.29 is 85.8 Å². The lowest BCUT2D eigenvalue weighted by Crippen LogP contribution is -2.55. The lowest BCUT2D eigenvalue weighted by atomic mass is 9.91. The summed E-state index contributed by atoms with van der Waals surface area (Å²) in [6, 6.07) is 10.7. The first-order valence-corrected chi connectivity index (χ1v) is 22.7. The van der Waals surface area contributed by atoms with E-state index in [0.717, 1.165) is 0 Å². The molecule has 1 heterocycles. The monoisotopic (exact) mass is 1040 g/mol. The Balaban J connectivity index is 1.52. The molecule has 1 unspecified atom stereocenters. The van der Waals surface area contributed by atoms with E-state index in [-0.39, 0.29) is 90.6 Å². The van der Waals surface area contributed by atoms with Gasteiger partial charge in [0.05, 0.1) is 53.4 Å². The predicted molar refractivity (Wildman–Crippen MR) is 258 cm³/mol. The Kier molecular flexibility index (Phi) is 22.3. The standard InChI is InChI=1S/C51H53N3O21/c1-31(2)40(55)70-25-28-73-46(61)37-16-10-7-13-34(37)43(58)67-22-19-52-49(64)53(20-23-68-44(59)35-14-8-11-17-38(35)47(62)74-29-26-71-41(56)32(3)4)51(66)54(50(52)65)21-24-69-45(60)36-15-9-12-18-39(36)48(63)75-30-27-72-42(57)33(5)6/h7-17,39H,1,3,5,18-30H2,2,4,6H3. The number of hydrogen-bond donors (Lipinski definition) is 0. The highest BCUT2D eigenvalue weighted by Crippen LogP contribution is 2.23. The zero-order valence-corrected chi connectivity index (χ0v) is 41.2. The third kappa shape index (κ3) is 16.9. The van der Waals surface area contributed by atoms with Crippen LogP contribution in [-0.2, 0) is 86.2 Å². The van der Waals surface area contributed by atoms with E-state index in [4.69, 9.17) is 42.6 Å². The molecule has 24 heteroatoms. The van der Waals surface area contributed by atoms with Crippen molar-refractivity contribution in [2.45, 2.75) is 46.8 Å². The van der Waals surface area contributed by atoms with Crippen LogP contribution in [0, 0.1) is 5.92 Å². The summed E-state index contributed by atoms with van der Waals surface area (Å²) in [4.78, 5) is 155. The molecule has 0 fully saturated rings. The minimum Gasteiger partial charge on any atom is -0.462 e. The second kappa shape index (κ2) is 28.7. The van der Waals surface area contributed by atoms with Gasteiger partial charge in [-0.2, -0.15) is 0 Å². The smallest absolute Gasteiger partial charge is 0.339 e. The van der Waals surface area contributed by atoms with Crippen LogP contribution in [0.4, 0.5) is 0 Å². The number of benzene rings is 2. The maximum Gasteiger partial charge on any atom is 0.339 e. The predicted octanol–water partition coefficient (Wildman–Crippen LogP) is 2.15. The van der Waals surface area contributed by atoms with E-state index in [1.54, 1.807) is 6.08 Å². The summed E-state index contributed by atoms with van der Waals surface area (Å²) in [7, 11) is 0. The molecule has 0 radical (unpaired) electrons. The number of carbonyl (C=O) groups excluding carboxylic acids is 9. The van der Waals surface area contributed by atoms with Gasteiger partial charge in [0.25, 0.3) is 0 Å². The topological polar surface area (TPSA) is 303 Å². The summed E-state index contributed by atoms with van der Waals surface area (Å²) in [6.45, 7) is 8.53. The van der Waals surface area contributed by atoms with E-state index in [2.05, 4.69) is 19.7 Å². The van der Waals surface area contributed by atoms with Gasteiger partial charge in [-0.15, -0.1) is 0 Å². The van der Waals surface area contributed by atoms with Crippen molar-refractivity contribution in [2.75, 3.05) is 59.5 Å². The van der Waals surface area contributed by atoms with Gasteiger partial charge >= 0.3 is 70.8 Å². The number of esters is 9. The summed E-state index contributed by atoms with van der Waals surface area (Å²) in [5.74, 6) is -9.26. The molecule has 1 aromatic heterocycles. The molecule has 0 saturated carbocycles. The van der Waals surface area contributed by atoms with Crippen LogP contribution in [0.1, 0.15) is 68.6 Å². The molecule has 0 saturated heterocycles. The van der Waals surface area contributed by atoms with Crippen molar-refractivity contribution in [2.24, 2.45) is 5.92 Å². The third-order valence-electron chi connectivity index (χ3n) is 10.1. The molecule has 0 spiro atoms. The van der Waals surface area contributed by atoms with Gasteiger partial charge in [-0.1, -0.05) is 62.2 Å². The Hall–Kier alpha value is -9.22. The van der Waals surface area contributed by atoms with Crippen LogP contribution in [0.15, 0.2) is 123 Å². The van der Waals surface area contributed by atoms with Crippen LogP contribution >= 0.6 is 0 Å². The van der Waals surface area contributed by atoms with Gasteiger partial charge < -0.3 is 42.6 Å². The molecule has 1 aliphatic rings. The molecule has 3 aromatic rings. The van der Waals surface area contributed by atoms with Gasteiger partial charge in [0, 0.05) is 16.7 Å². The Bertz CT molecular complexity index is 2840. The summed E-state index contributed by atoms with van der Waals surface area (Å²) in [5.41, 5.74) is -4.56. The quantitative estimate of drug-likeness (QED) is 0.0457. The molecule has 4 rings (SSSR count). The fourth-order valence-electron chi connectivity index (χ4n) is 6.37. The van der Waals surface area contributed by atoms with Crippen molar-refractivity contribution in [1.29, 1.82) is 0 Å². The molecular formula is C51H53N3O21. The van der Waals surface area contributed by atoms with Crippen LogP contribution in [0.25, 0.3) is 0 Å². The van der Waals surface area contributed by atoms with Crippen molar-refractivity contribution in [3.05, 3.63) is 162 Å². The molecule has 2 aromatic carbocycles. The fraction of sp³-hybridized carbons (Fsp3) is 0.333. The van der Waals surface area contributed by atoms with Gasteiger partial charge in [-0.25, -0.2) is 66.4 Å². The number of ether oxygens (including phenoxy) is 9. The molecule has 0 N–H and O–H groups in total. The number of allylic oxidation sites excluding steroid dienone is 3. The zero-order chi connectivity index (χ0) is 55.2. The largest absolute Gasteiger partial charge is 0.462 e. The Morgan fingerprint density at radius 3 is 1.07 bits per heavy atom. The van der Waals surface area contributed by atoms with Gasteiger partial charge in [0.15, 0.2) is 0 Å². The first-order chi connectivity index (χ1) is 35.7. The van der Waals surface area contributed by atoms with Crippen molar-refractivity contribution in [3.8, 4) is 0 Å². The molecular weight excluding hydrogens is 991 g/mol. The zero-order valence-electron chi connectivity index (χ0n) is 41.2. The number of nitrogens with zero attached hydrogens (tertiary/aromatic N) is 3. The highest BCUT2D eigenvalue weighted by molar-refractivity contribution is 6.04. The van der Waals surface area contributed by atoms with Crippen LogP contribution in [0.3, 0.4) is 0 Å². The van der Waals surface area contributed by atoms with E-state index in [1.165, 1.54) is 81.5 Å². The molecule has 1 atom stereocenters. The number of rotatable bonds is 27. The maximum absolute atomic E-state index is 13.9. The van der Waals surface area contributed by atoms with Gasteiger partial charge in [-0.05, 0) is 51.5 Å². The normalized spacial score (nSPS) is 12.4. The Morgan fingerprint density at radius 2 is 0.733 bits per heavy atom. The first-order valence-electron chi connectivity index (χ1n) is 22.7. The second-order valence-corrected chi connectivity index (χ2v) is 15.8. The van der Waals surface area contributed by atoms with E-state index < -0.39 is 116 Å². The number of aromatic nitrogens is 3. The fourth-order valence-corrected chi connectivity index (χ4v) is 6.37. The minimum atomic E-state index is -1.26. The molecule has 0 aliphatic heterocycles. The summed E-state index contributed by atoms with van der Waals surface area (Å²) >= 11 is 0. The molecule has 1 aliphatic carbocycles. The van der Waals surface area contributed by atoms with Crippen molar-refractivity contribution in [3.63, 3.8) is 0 Å². The summed E-state index contributed by atoms with van der Waals surface area (Å²) < 4.78 is 47.7. The average molecular weight is 1040 g/mol. The van der Waals surface area contributed by atoms with E-state index >= 15 is 0 Å². The second-order valence-electron chi connectivity index (χ2n) is 15.8. The first kappa shape index (κ1) is 58.4. The highest BCUT2D eigenvalue weighted by Gasteiger charge is 2.31. The number of carbonyl (C=O) groups is 9. The van der Waals surface area contributed by atoms with E-state index in [9.17, 15) is 57.5 Å². The summed E-state index contributed by atoms with van der Waals surface area (Å²) in [6.07, 6.45) is 4.42. The highest BCUT2D eigenvalue weighted by atomic mass is 16.6. The van der Waals surface area contributed by atoms with Crippen LogP contribution in [0.5, 0.6) is 0 Å². The molecule has 24 nitrogen and oxygen atoms in total. The maximum atomic E-state index is 13.9. The van der Waals surface area contributed by atoms with Crippen molar-refractivity contribution in [1.82, 2.24) is 13.7 Å². The molecule has 0 amide bonds. The third-order valence-corrected chi connectivity index (χ3v) is 10.1. The minimum absolute atomic E-state index is 0.0322. The Labute approximate surface area is 426 Å². The SMILES string of the molecule is C=C(C)C(=O)OCCOC(=O)c1ccccc1C(=O)OCCn1c(=O)n(CCOC(=O)C2=CC=CCC2C(=O)OCCOC(=O)C(=C)C)c(=O)n(CCOC(=O)c2ccccc2C(=O)OCCOC(=O)C(=C)C)c1=O. The van der Waals surface area contributed by atoms with E-state index in [0.29, 0.717) is 13.7 Å². The average Bonchev–Trinajstić information content (AvgIpc) is 3.39. The molecule has 75 heavy (non-hydrogen) atoms. The lowest BCUT2D eigenvalue weighted by Gasteiger charge is -2.19. The molecule has 0 bridgehead atoms. The van der Waals surface area contributed by atoms with Crippen LogP contribution < -0.4 is 17.1 Å². The van der Waals surface area contributed by atoms with Crippen LogP contribution in [0.2, 0.25) is 0 Å².